The smallest absolute Gasteiger partial charge is 0.256 e. The van der Waals surface area contributed by atoms with Gasteiger partial charge in [0.05, 0.1) is 17.9 Å². The van der Waals surface area contributed by atoms with Gasteiger partial charge in [0.1, 0.15) is 0 Å². The third kappa shape index (κ3) is 6.20. The molecule has 0 heterocycles. The molecular weight excluding hydrogens is 348 g/mol. The molecule has 0 aromatic heterocycles. The lowest BCUT2D eigenvalue weighted by Crippen LogP contribution is -2.28. The first-order valence-corrected chi connectivity index (χ1v) is 9.35. The lowest BCUT2D eigenvalue weighted by molar-refractivity contribution is -0.118. The van der Waals surface area contributed by atoms with E-state index in [4.69, 9.17) is 4.74 Å². The zero-order valence-corrected chi connectivity index (χ0v) is 16.1. The largest absolute Gasteiger partial charge is 0.383 e. The summed E-state index contributed by atoms with van der Waals surface area (Å²) in [6.45, 7) is 4.94. The van der Waals surface area contributed by atoms with E-state index in [-0.39, 0.29) is 17.6 Å². The first-order chi connectivity index (χ1) is 12.5. The third-order valence-electron chi connectivity index (χ3n) is 3.60. The molecule has 0 aliphatic rings. The van der Waals surface area contributed by atoms with Crippen molar-refractivity contribution in [3.63, 3.8) is 0 Å². The second kappa shape index (κ2) is 9.99. The number of hydrogen-bond acceptors (Lipinski definition) is 4. The third-order valence-corrected chi connectivity index (χ3v) is 4.67. The predicted octanol–water partition coefficient (Wildman–Crippen LogP) is 3.41. The number of anilines is 1. The van der Waals surface area contributed by atoms with E-state index in [1.807, 2.05) is 44.2 Å². The Bertz CT molecular complexity index is 757. The molecule has 0 aliphatic carbocycles. The van der Waals surface area contributed by atoms with Crippen molar-refractivity contribution < 1.29 is 14.3 Å². The summed E-state index contributed by atoms with van der Waals surface area (Å²) in [5, 5.41) is 5.71. The number of benzene rings is 2. The average molecular weight is 372 g/mol. The fraction of sp³-hybridized carbons (Fsp3) is 0.300. The molecule has 6 heteroatoms. The number of amides is 2. The van der Waals surface area contributed by atoms with Gasteiger partial charge >= 0.3 is 0 Å². The van der Waals surface area contributed by atoms with E-state index >= 15 is 0 Å². The summed E-state index contributed by atoms with van der Waals surface area (Å²) in [5.74, 6) is -0.0214. The Labute approximate surface area is 158 Å². The quantitative estimate of drug-likeness (QED) is 0.550. The van der Waals surface area contributed by atoms with E-state index < -0.39 is 0 Å². The molecule has 0 saturated carbocycles. The van der Waals surface area contributed by atoms with E-state index in [0.717, 1.165) is 21.7 Å². The summed E-state index contributed by atoms with van der Waals surface area (Å²) < 4.78 is 4.90. The van der Waals surface area contributed by atoms with Crippen molar-refractivity contribution in [2.45, 2.75) is 18.7 Å². The lowest BCUT2D eigenvalue weighted by atomic mass is 10.1. The monoisotopic (exact) mass is 372 g/mol. The number of carbonyl (C=O) groups excluding carboxylic acids is 2. The zero-order chi connectivity index (χ0) is 18.9. The molecule has 2 amide bonds. The molecule has 0 radical (unpaired) electrons. The molecule has 2 rings (SSSR count). The van der Waals surface area contributed by atoms with Gasteiger partial charge in [0.2, 0.25) is 5.91 Å². The van der Waals surface area contributed by atoms with Gasteiger partial charge in [-0.3, -0.25) is 9.59 Å². The van der Waals surface area contributed by atoms with Crippen LogP contribution in [0, 0.1) is 13.8 Å². The number of ether oxygens (including phenoxy) is 1. The van der Waals surface area contributed by atoms with Gasteiger partial charge in [-0.25, -0.2) is 0 Å². The van der Waals surface area contributed by atoms with Gasteiger partial charge in [-0.05, 0) is 49.2 Å². The van der Waals surface area contributed by atoms with Crippen LogP contribution in [-0.4, -0.2) is 37.8 Å². The minimum absolute atomic E-state index is 0.0865. The number of thioether (sulfide) groups is 1. The summed E-state index contributed by atoms with van der Waals surface area (Å²) in [4.78, 5) is 25.3. The van der Waals surface area contributed by atoms with Gasteiger partial charge in [-0.15, -0.1) is 11.8 Å². The van der Waals surface area contributed by atoms with Crippen molar-refractivity contribution >= 4 is 29.3 Å². The van der Waals surface area contributed by atoms with E-state index in [0.29, 0.717) is 18.7 Å². The van der Waals surface area contributed by atoms with E-state index in [2.05, 4.69) is 16.7 Å². The summed E-state index contributed by atoms with van der Waals surface area (Å²) in [7, 11) is 1.59. The number of rotatable bonds is 8. The van der Waals surface area contributed by atoms with Gasteiger partial charge in [0.15, 0.2) is 0 Å². The fourth-order valence-electron chi connectivity index (χ4n) is 2.51. The number of hydrogen-bond donors (Lipinski definition) is 2. The zero-order valence-electron chi connectivity index (χ0n) is 15.3. The summed E-state index contributed by atoms with van der Waals surface area (Å²) in [6.07, 6.45) is 0. The van der Waals surface area contributed by atoms with Crippen LogP contribution in [0.25, 0.3) is 0 Å². The van der Waals surface area contributed by atoms with Crippen molar-refractivity contribution in [2.75, 3.05) is 31.3 Å². The lowest BCUT2D eigenvalue weighted by Gasteiger charge is -2.11. The maximum atomic E-state index is 12.7. The molecule has 2 aromatic rings. The first kappa shape index (κ1) is 20.0. The second-order valence-electron chi connectivity index (χ2n) is 5.96. The summed E-state index contributed by atoms with van der Waals surface area (Å²) in [5.41, 5.74) is 3.51. The fourth-order valence-corrected chi connectivity index (χ4v) is 3.39. The van der Waals surface area contributed by atoms with Crippen LogP contribution < -0.4 is 10.6 Å². The van der Waals surface area contributed by atoms with E-state index in [1.54, 1.807) is 13.2 Å². The van der Waals surface area contributed by atoms with Gasteiger partial charge in [-0.2, -0.15) is 0 Å². The van der Waals surface area contributed by atoms with Crippen LogP contribution in [-0.2, 0) is 9.53 Å². The van der Waals surface area contributed by atoms with Crippen molar-refractivity contribution in [1.29, 1.82) is 0 Å². The Morgan fingerprint density at radius 1 is 1.08 bits per heavy atom. The molecule has 0 unspecified atom stereocenters. The van der Waals surface area contributed by atoms with Gasteiger partial charge in [0, 0.05) is 24.2 Å². The van der Waals surface area contributed by atoms with Crippen LogP contribution in [0.3, 0.4) is 0 Å². The summed E-state index contributed by atoms with van der Waals surface area (Å²) >= 11 is 1.34. The van der Waals surface area contributed by atoms with Gasteiger partial charge in [-0.1, -0.05) is 18.2 Å². The number of methoxy groups -OCH3 is 1. The highest BCUT2D eigenvalue weighted by molar-refractivity contribution is 8.00. The summed E-state index contributed by atoms with van der Waals surface area (Å²) in [6, 6.07) is 13.2. The van der Waals surface area contributed by atoms with Crippen molar-refractivity contribution in [3.05, 3.63) is 59.2 Å². The number of aryl methyl sites for hydroxylation is 2. The van der Waals surface area contributed by atoms with E-state index in [1.165, 1.54) is 11.8 Å². The van der Waals surface area contributed by atoms with E-state index in [9.17, 15) is 9.59 Å². The maximum absolute atomic E-state index is 12.7. The molecule has 0 atom stereocenters. The molecule has 0 spiro atoms. The van der Waals surface area contributed by atoms with Crippen molar-refractivity contribution in [3.8, 4) is 0 Å². The Morgan fingerprint density at radius 3 is 2.46 bits per heavy atom. The minimum atomic E-state index is -0.183. The Balaban J connectivity index is 2.03. The molecule has 0 bridgehead atoms. The molecule has 0 fully saturated rings. The normalized spacial score (nSPS) is 10.4. The van der Waals surface area contributed by atoms with Crippen LogP contribution in [0.1, 0.15) is 21.5 Å². The van der Waals surface area contributed by atoms with Crippen LogP contribution in [0.5, 0.6) is 0 Å². The van der Waals surface area contributed by atoms with Crippen molar-refractivity contribution in [1.82, 2.24) is 5.32 Å². The Morgan fingerprint density at radius 2 is 1.77 bits per heavy atom. The molecular formula is C20H24N2O3S. The molecule has 26 heavy (non-hydrogen) atoms. The van der Waals surface area contributed by atoms with Crippen LogP contribution in [0.4, 0.5) is 5.69 Å². The highest BCUT2D eigenvalue weighted by atomic mass is 32.2. The Hall–Kier alpha value is -2.31. The molecule has 138 valence electrons. The van der Waals surface area contributed by atoms with Crippen molar-refractivity contribution in [2.24, 2.45) is 0 Å². The Kier molecular flexibility index (Phi) is 7.69. The predicted molar refractivity (Wildman–Crippen MR) is 106 cm³/mol. The van der Waals surface area contributed by atoms with Gasteiger partial charge < -0.3 is 15.4 Å². The topological polar surface area (TPSA) is 67.4 Å². The second-order valence-corrected chi connectivity index (χ2v) is 6.98. The van der Waals surface area contributed by atoms with Crippen LogP contribution in [0.15, 0.2) is 47.4 Å². The molecule has 5 nitrogen and oxygen atoms in total. The number of carbonyl (C=O) groups is 2. The molecule has 2 aromatic carbocycles. The number of nitrogens with one attached hydrogen (secondary N) is 2. The SMILES string of the molecule is COCCNC(=O)CSc1ccccc1C(=O)Nc1cc(C)cc(C)c1. The van der Waals surface area contributed by atoms with Crippen LogP contribution >= 0.6 is 11.8 Å². The molecule has 0 aliphatic heterocycles. The minimum Gasteiger partial charge on any atom is -0.383 e. The first-order valence-electron chi connectivity index (χ1n) is 8.36. The molecule has 0 saturated heterocycles. The van der Waals surface area contributed by atoms with Crippen LogP contribution in [0.2, 0.25) is 0 Å². The van der Waals surface area contributed by atoms with Gasteiger partial charge in [0.25, 0.3) is 5.91 Å². The molecule has 2 N–H and O–H groups in total. The average Bonchev–Trinajstić information content (AvgIpc) is 2.59. The maximum Gasteiger partial charge on any atom is 0.256 e. The highest BCUT2D eigenvalue weighted by Gasteiger charge is 2.13. The highest BCUT2D eigenvalue weighted by Crippen LogP contribution is 2.24. The standard InChI is InChI=1S/C20H24N2O3S/c1-14-10-15(2)12-16(11-14)22-20(24)17-6-4-5-7-18(17)26-13-19(23)21-8-9-25-3/h4-7,10-12H,8-9,13H2,1-3H3,(H,21,23)(H,22,24).